The molecule has 0 spiro atoms. The smallest absolute Gasteiger partial charge is 0.0178 e. The van der Waals surface area contributed by atoms with Crippen LogP contribution in [-0.4, -0.2) is 0 Å². The van der Waals surface area contributed by atoms with Crippen LogP contribution in [0, 0.1) is 6.07 Å². The van der Waals surface area contributed by atoms with Gasteiger partial charge in [-0.1, -0.05) is 44.9 Å². The van der Waals surface area contributed by atoms with Gasteiger partial charge in [-0.2, -0.15) is 0 Å². The molecule has 1 radical (unpaired) electrons. The van der Waals surface area contributed by atoms with Gasteiger partial charge in [-0.05, 0) is 42.9 Å². The Balaban J connectivity index is 2.50. The van der Waals surface area contributed by atoms with Crippen molar-refractivity contribution < 1.29 is 0 Å². The summed E-state index contributed by atoms with van der Waals surface area (Å²) in [7, 11) is 0. The molecule has 14 heavy (non-hydrogen) atoms. The molecular formula is C14H21. The van der Waals surface area contributed by atoms with Crippen LogP contribution < -0.4 is 0 Å². The largest absolute Gasteiger partial charge is 0.0654 e. The third-order valence-electron chi connectivity index (χ3n) is 2.55. The fourth-order valence-electron chi connectivity index (χ4n) is 1.63. The molecule has 0 fully saturated rings. The van der Waals surface area contributed by atoms with Gasteiger partial charge in [0.05, 0.1) is 0 Å². The lowest BCUT2D eigenvalue weighted by Gasteiger charge is -2.03. The molecule has 0 atom stereocenters. The first-order valence-electron chi connectivity index (χ1n) is 5.85. The molecule has 0 saturated carbocycles. The van der Waals surface area contributed by atoms with Crippen molar-refractivity contribution in [2.75, 3.05) is 0 Å². The quantitative estimate of drug-likeness (QED) is 0.630. The first-order valence-corrected chi connectivity index (χ1v) is 5.85. The minimum Gasteiger partial charge on any atom is -0.0654 e. The van der Waals surface area contributed by atoms with Gasteiger partial charge in [-0.3, -0.25) is 0 Å². The van der Waals surface area contributed by atoms with Gasteiger partial charge in [0, 0.05) is 0 Å². The topological polar surface area (TPSA) is 0 Å². The summed E-state index contributed by atoms with van der Waals surface area (Å²) < 4.78 is 0. The van der Waals surface area contributed by atoms with Crippen molar-refractivity contribution in [3.63, 3.8) is 0 Å². The highest BCUT2D eigenvalue weighted by Gasteiger charge is 1.95. The molecule has 0 N–H and O–H groups in total. The van der Waals surface area contributed by atoms with E-state index < -0.39 is 0 Å². The minimum absolute atomic E-state index is 1.22. The Morgan fingerprint density at radius 1 is 0.929 bits per heavy atom. The Morgan fingerprint density at radius 3 is 1.86 bits per heavy atom. The molecule has 0 unspecified atom stereocenters. The van der Waals surface area contributed by atoms with Gasteiger partial charge in [0.15, 0.2) is 0 Å². The molecule has 0 amide bonds. The van der Waals surface area contributed by atoms with Gasteiger partial charge < -0.3 is 0 Å². The zero-order valence-corrected chi connectivity index (χ0v) is 9.47. The Labute approximate surface area is 88.4 Å². The fourth-order valence-corrected chi connectivity index (χ4v) is 1.63. The van der Waals surface area contributed by atoms with E-state index in [2.05, 4.69) is 38.1 Å². The van der Waals surface area contributed by atoms with E-state index in [0.717, 1.165) is 0 Å². The highest BCUT2D eigenvalue weighted by Crippen LogP contribution is 2.10. The zero-order chi connectivity index (χ0) is 10.2. The normalized spacial score (nSPS) is 10.4. The van der Waals surface area contributed by atoms with Crippen LogP contribution >= 0.6 is 0 Å². The Bertz CT molecular complexity index is 227. The zero-order valence-electron chi connectivity index (χ0n) is 9.47. The van der Waals surface area contributed by atoms with Crippen molar-refractivity contribution in [3.05, 3.63) is 35.4 Å². The first-order chi connectivity index (χ1) is 6.86. The van der Waals surface area contributed by atoms with Crippen molar-refractivity contribution in [2.45, 2.75) is 52.4 Å². The van der Waals surface area contributed by atoms with Gasteiger partial charge in [0.2, 0.25) is 0 Å². The molecular weight excluding hydrogens is 168 g/mol. The maximum Gasteiger partial charge on any atom is -0.0178 e. The van der Waals surface area contributed by atoms with E-state index in [1.807, 2.05) is 0 Å². The first kappa shape index (κ1) is 11.3. The molecule has 0 saturated heterocycles. The second-order valence-corrected chi connectivity index (χ2v) is 3.96. The highest BCUT2D eigenvalue weighted by molar-refractivity contribution is 5.22. The number of unbranched alkanes of at least 4 members (excludes halogenated alkanes) is 2. The average Bonchev–Trinajstić information content (AvgIpc) is 2.24. The van der Waals surface area contributed by atoms with Crippen LogP contribution in [0.1, 0.15) is 50.7 Å². The third kappa shape index (κ3) is 3.95. The van der Waals surface area contributed by atoms with E-state index in [-0.39, 0.29) is 0 Å². The number of aryl methyl sites for hydroxylation is 2. The van der Waals surface area contributed by atoms with Gasteiger partial charge in [-0.15, -0.1) is 0 Å². The molecule has 1 aromatic rings. The van der Waals surface area contributed by atoms with Crippen LogP contribution in [0.4, 0.5) is 0 Å². The molecule has 0 aliphatic carbocycles. The minimum atomic E-state index is 1.22. The predicted molar refractivity (Wildman–Crippen MR) is 62.5 cm³/mol. The predicted octanol–water partition coefficient (Wildman–Crippen LogP) is 4.17. The summed E-state index contributed by atoms with van der Waals surface area (Å²) in [5.74, 6) is 0. The van der Waals surface area contributed by atoms with Crippen LogP contribution in [0.25, 0.3) is 0 Å². The van der Waals surface area contributed by atoms with Crippen LogP contribution in [-0.2, 0) is 12.8 Å². The summed E-state index contributed by atoms with van der Waals surface area (Å²) in [4.78, 5) is 0. The number of hydrogen-bond acceptors (Lipinski definition) is 0. The van der Waals surface area contributed by atoms with Crippen molar-refractivity contribution >= 4 is 0 Å². The maximum atomic E-state index is 3.25. The molecule has 0 aromatic heterocycles. The van der Waals surface area contributed by atoms with Crippen molar-refractivity contribution in [1.29, 1.82) is 0 Å². The van der Waals surface area contributed by atoms with Gasteiger partial charge in [-0.25, -0.2) is 0 Å². The van der Waals surface area contributed by atoms with E-state index in [0.29, 0.717) is 0 Å². The molecule has 0 heteroatoms. The van der Waals surface area contributed by atoms with E-state index in [1.165, 1.54) is 49.7 Å². The van der Waals surface area contributed by atoms with Gasteiger partial charge >= 0.3 is 0 Å². The summed E-state index contributed by atoms with van der Waals surface area (Å²) in [6.07, 6.45) is 7.58. The summed E-state index contributed by atoms with van der Waals surface area (Å²) in [6, 6.07) is 9.86. The summed E-state index contributed by atoms with van der Waals surface area (Å²) >= 11 is 0. The van der Waals surface area contributed by atoms with Crippen LogP contribution in [0.3, 0.4) is 0 Å². The summed E-state index contributed by atoms with van der Waals surface area (Å²) in [5, 5.41) is 0. The van der Waals surface area contributed by atoms with E-state index in [4.69, 9.17) is 0 Å². The van der Waals surface area contributed by atoms with Crippen LogP contribution in [0.5, 0.6) is 0 Å². The molecule has 0 aliphatic rings. The number of benzene rings is 1. The summed E-state index contributed by atoms with van der Waals surface area (Å²) in [6.45, 7) is 4.48. The second kappa shape index (κ2) is 6.64. The number of hydrogen-bond donors (Lipinski definition) is 0. The third-order valence-corrected chi connectivity index (χ3v) is 2.55. The van der Waals surface area contributed by atoms with Crippen LogP contribution in [0.15, 0.2) is 18.2 Å². The van der Waals surface area contributed by atoms with E-state index >= 15 is 0 Å². The van der Waals surface area contributed by atoms with Crippen molar-refractivity contribution in [1.82, 2.24) is 0 Å². The molecule has 0 bridgehead atoms. The van der Waals surface area contributed by atoms with Crippen molar-refractivity contribution in [3.8, 4) is 0 Å². The highest BCUT2D eigenvalue weighted by atomic mass is 14.0. The molecule has 77 valence electrons. The standard InChI is InChI=1S/C14H21/c1-3-5-8-13-10-7-11-14(12-13)9-6-4-2/h10-12H,3-6,8-9H2,1-2H3. The van der Waals surface area contributed by atoms with E-state index in [1.54, 1.807) is 0 Å². The molecule has 0 nitrogen and oxygen atoms in total. The lowest BCUT2D eigenvalue weighted by Crippen LogP contribution is -1.89. The van der Waals surface area contributed by atoms with Gasteiger partial charge in [0.1, 0.15) is 0 Å². The molecule has 0 aliphatic heterocycles. The Kier molecular flexibility index (Phi) is 5.36. The van der Waals surface area contributed by atoms with Gasteiger partial charge in [0.25, 0.3) is 0 Å². The second-order valence-electron chi connectivity index (χ2n) is 3.96. The lowest BCUT2D eigenvalue weighted by molar-refractivity contribution is 0.780. The Hall–Kier alpha value is -0.780. The fraction of sp³-hybridized carbons (Fsp3) is 0.571. The lowest BCUT2D eigenvalue weighted by atomic mass is 10.0. The van der Waals surface area contributed by atoms with E-state index in [9.17, 15) is 0 Å². The summed E-state index contributed by atoms with van der Waals surface area (Å²) in [5.41, 5.74) is 2.92. The number of rotatable bonds is 6. The maximum absolute atomic E-state index is 3.25. The molecule has 1 aromatic carbocycles. The van der Waals surface area contributed by atoms with Crippen molar-refractivity contribution in [2.24, 2.45) is 0 Å². The monoisotopic (exact) mass is 189 g/mol. The SMILES string of the molecule is CCCCc1c[c]cc(CCCC)c1. The Morgan fingerprint density at radius 2 is 1.43 bits per heavy atom. The molecule has 0 heterocycles. The molecule has 1 rings (SSSR count). The average molecular weight is 189 g/mol. The van der Waals surface area contributed by atoms with Crippen LogP contribution in [0.2, 0.25) is 0 Å².